The average molecular weight is 469 g/mol. The highest BCUT2D eigenvalue weighted by Crippen LogP contribution is 2.28. The number of benzene rings is 1. The van der Waals surface area contributed by atoms with Crippen LogP contribution in [0.3, 0.4) is 0 Å². The molecule has 2 aliphatic heterocycles. The van der Waals surface area contributed by atoms with E-state index in [-0.39, 0.29) is 23.8 Å². The number of hydrogen-bond donors (Lipinski definition) is 2. The van der Waals surface area contributed by atoms with E-state index in [1.54, 1.807) is 4.90 Å². The highest BCUT2D eigenvalue weighted by atomic mass is 32.1. The molecule has 1 aromatic heterocycles. The van der Waals surface area contributed by atoms with Gasteiger partial charge >= 0.3 is 6.03 Å². The third-order valence-corrected chi connectivity index (χ3v) is 7.48. The Kier molecular flexibility index (Phi) is 7.65. The average Bonchev–Trinajstić information content (AvgIpc) is 3.17. The van der Waals surface area contributed by atoms with E-state index in [2.05, 4.69) is 10.9 Å². The number of piperidine rings is 1. The highest BCUT2D eigenvalue weighted by molar-refractivity contribution is 7.12. The molecule has 0 radical (unpaired) electrons. The highest BCUT2D eigenvalue weighted by Gasteiger charge is 2.30. The SMILES string of the molecule is Cc1ccc(-c2ccsc2C(=O)NNC(=O)N2CCC(C(=O)N3CCCCCC3)CC2)cc1. The molecule has 4 amide bonds. The monoisotopic (exact) mass is 468 g/mol. The van der Waals surface area contributed by atoms with Crippen LogP contribution in [0.25, 0.3) is 11.1 Å². The number of thiophene rings is 1. The fourth-order valence-electron chi connectivity index (χ4n) is 4.57. The van der Waals surface area contributed by atoms with Crippen molar-refractivity contribution in [1.29, 1.82) is 0 Å². The first-order valence-electron chi connectivity index (χ1n) is 11.8. The van der Waals surface area contributed by atoms with E-state index in [4.69, 9.17) is 0 Å². The van der Waals surface area contributed by atoms with Gasteiger partial charge in [-0.15, -0.1) is 11.3 Å². The van der Waals surface area contributed by atoms with Gasteiger partial charge in [-0.25, -0.2) is 10.2 Å². The smallest absolute Gasteiger partial charge is 0.336 e. The summed E-state index contributed by atoms with van der Waals surface area (Å²) >= 11 is 1.34. The summed E-state index contributed by atoms with van der Waals surface area (Å²) < 4.78 is 0. The van der Waals surface area contributed by atoms with Crippen LogP contribution in [-0.4, -0.2) is 53.8 Å². The molecular weight excluding hydrogens is 436 g/mol. The molecule has 0 bridgehead atoms. The third-order valence-electron chi connectivity index (χ3n) is 6.57. The molecule has 2 aliphatic rings. The van der Waals surface area contributed by atoms with Crippen LogP contribution in [-0.2, 0) is 4.79 Å². The molecule has 8 heteroatoms. The molecule has 1 aromatic carbocycles. The van der Waals surface area contributed by atoms with Crippen molar-refractivity contribution in [2.75, 3.05) is 26.2 Å². The van der Waals surface area contributed by atoms with E-state index in [1.165, 1.54) is 24.2 Å². The Labute approximate surface area is 199 Å². The maximum Gasteiger partial charge on any atom is 0.336 e. The van der Waals surface area contributed by atoms with Gasteiger partial charge in [0.15, 0.2) is 0 Å². The molecule has 2 fully saturated rings. The first-order valence-corrected chi connectivity index (χ1v) is 12.7. The van der Waals surface area contributed by atoms with Gasteiger partial charge in [-0.2, -0.15) is 0 Å². The number of amides is 4. The number of hydrazine groups is 1. The van der Waals surface area contributed by atoms with Crippen molar-refractivity contribution in [1.82, 2.24) is 20.7 Å². The molecule has 0 aliphatic carbocycles. The van der Waals surface area contributed by atoms with Crippen LogP contribution in [0.2, 0.25) is 0 Å². The predicted molar refractivity (Wildman–Crippen MR) is 130 cm³/mol. The van der Waals surface area contributed by atoms with Gasteiger partial charge in [-0.1, -0.05) is 42.7 Å². The second-order valence-corrected chi connectivity index (χ2v) is 9.83. The van der Waals surface area contributed by atoms with E-state index in [1.807, 2.05) is 47.5 Å². The van der Waals surface area contributed by atoms with Gasteiger partial charge in [-0.05, 0) is 49.6 Å². The van der Waals surface area contributed by atoms with Gasteiger partial charge in [0, 0.05) is 37.7 Å². The number of carbonyl (C=O) groups excluding carboxylic acids is 3. The van der Waals surface area contributed by atoms with Gasteiger partial charge in [-0.3, -0.25) is 15.0 Å². The first kappa shape index (κ1) is 23.3. The van der Waals surface area contributed by atoms with E-state index in [9.17, 15) is 14.4 Å². The summed E-state index contributed by atoms with van der Waals surface area (Å²) in [6, 6.07) is 9.58. The van der Waals surface area contributed by atoms with Crippen LogP contribution >= 0.6 is 11.3 Å². The van der Waals surface area contributed by atoms with Crippen molar-refractivity contribution >= 4 is 29.2 Å². The van der Waals surface area contributed by atoms with Gasteiger partial charge < -0.3 is 9.80 Å². The van der Waals surface area contributed by atoms with Crippen molar-refractivity contribution in [3.8, 4) is 11.1 Å². The zero-order valence-corrected chi connectivity index (χ0v) is 20.0. The number of nitrogens with one attached hydrogen (secondary N) is 2. The zero-order chi connectivity index (χ0) is 23.2. The Balaban J connectivity index is 1.26. The molecule has 3 heterocycles. The molecule has 176 valence electrons. The molecule has 2 aromatic rings. The van der Waals surface area contributed by atoms with Crippen molar-refractivity contribution < 1.29 is 14.4 Å². The lowest BCUT2D eigenvalue weighted by Crippen LogP contribution is -2.52. The number of carbonyl (C=O) groups is 3. The lowest BCUT2D eigenvalue weighted by molar-refractivity contribution is -0.136. The summed E-state index contributed by atoms with van der Waals surface area (Å²) in [5, 5.41) is 1.87. The Morgan fingerprint density at radius 2 is 1.52 bits per heavy atom. The molecule has 2 N–H and O–H groups in total. The number of hydrogen-bond acceptors (Lipinski definition) is 4. The topological polar surface area (TPSA) is 81.8 Å². The van der Waals surface area contributed by atoms with E-state index in [0.717, 1.165) is 42.6 Å². The molecule has 0 saturated carbocycles. The lowest BCUT2D eigenvalue weighted by Gasteiger charge is -2.34. The number of likely N-dealkylation sites (tertiary alicyclic amines) is 2. The molecule has 7 nitrogen and oxygen atoms in total. The number of rotatable bonds is 3. The minimum absolute atomic E-state index is 0.00933. The Hall–Kier alpha value is -2.87. The Morgan fingerprint density at radius 1 is 0.848 bits per heavy atom. The van der Waals surface area contributed by atoms with Crippen LogP contribution in [0, 0.1) is 12.8 Å². The first-order chi connectivity index (χ1) is 16.0. The van der Waals surface area contributed by atoms with E-state index < -0.39 is 0 Å². The standard InChI is InChI=1S/C25H32N4O3S/c1-18-6-8-19(9-7-18)21-12-17-33-22(21)23(30)26-27-25(32)29-15-10-20(11-16-29)24(31)28-13-4-2-3-5-14-28/h6-9,12,17,20H,2-5,10-11,13-16H2,1H3,(H,26,30)(H,27,32). The van der Waals surface area contributed by atoms with Crippen molar-refractivity contribution in [3.05, 3.63) is 46.2 Å². The number of aryl methyl sites for hydroxylation is 1. The molecule has 2 saturated heterocycles. The summed E-state index contributed by atoms with van der Waals surface area (Å²) in [5.41, 5.74) is 8.06. The van der Waals surface area contributed by atoms with Crippen LogP contribution in [0.1, 0.15) is 53.8 Å². The van der Waals surface area contributed by atoms with Gasteiger partial charge in [0.2, 0.25) is 5.91 Å². The fourth-order valence-corrected chi connectivity index (χ4v) is 5.38. The largest absolute Gasteiger partial charge is 0.342 e. The van der Waals surface area contributed by atoms with Crippen LogP contribution < -0.4 is 10.9 Å². The lowest BCUT2D eigenvalue weighted by atomic mass is 9.95. The second kappa shape index (κ2) is 10.8. The molecule has 4 rings (SSSR count). The summed E-state index contributed by atoms with van der Waals surface area (Å²) in [5.74, 6) is -0.100. The quantitative estimate of drug-likeness (QED) is 0.663. The minimum Gasteiger partial charge on any atom is -0.342 e. The minimum atomic E-state index is -0.336. The summed E-state index contributed by atoms with van der Waals surface area (Å²) in [6.07, 6.45) is 5.90. The van der Waals surface area contributed by atoms with Gasteiger partial charge in [0.25, 0.3) is 5.91 Å². The third kappa shape index (κ3) is 5.74. The van der Waals surface area contributed by atoms with Crippen molar-refractivity contribution in [2.24, 2.45) is 5.92 Å². The normalized spacial score (nSPS) is 17.4. The Bertz CT molecular complexity index is 972. The molecule has 33 heavy (non-hydrogen) atoms. The van der Waals surface area contributed by atoms with Crippen LogP contribution in [0.15, 0.2) is 35.7 Å². The zero-order valence-electron chi connectivity index (χ0n) is 19.1. The fraction of sp³-hybridized carbons (Fsp3) is 0.480. The maximum absolute atomic E-state index is 12.8. The van der Waals surface area contributed by atoms with Crippen LogP contribution in [0.5, 0.6) is 0 Å². The molecular formula is C25H32N4O3S. The van der Waals surface area contributed by atoms with Crippen LogP contribution in [0.4, 0.5) is 4.79 Å². The summed E-state index contributed by atoms with van der Waals surface area (Å²) in [4.78, 5) is 42.4. The predicted octanol–water partition coefficient (Wildman–Crippen LogP) is 4.19. The summed E-state index contributed by atoms with van der Waals surface area (Å²) in [6.45, 7) is 4.77. The number of urea groups is 1. The molecule has 0 atom stereocenters. The maximum atomic E-state index is 12.8. The number of nitrogens with zero attached hydrogens (tertiary/aromatic N) is 2. The van der Waals surface area contributed by atoms with Gasteiger partial charge in [0.05, 0.1) is 0 Å². The van der Waals surface area contributed by atoms with E-state index >= 15 is 0 Å². The molecule has 0 unspecified atom stereocenters. The second-order valence-electron chi connectivity index (χ2n) is 8.91. The van der Waals surface area contributed by atoms with E-state index in [0.29, 0.717) is 30.8 Å². The van der Waals surface area contributed by atoms with Crippen molar-refractivity contribution in [2.45, 2.75) is 45.4 Å². The van der Waals surface area contributed by atoms with Gasteiger partial charge in [0.1, 0.15) is 4.88 Å². The summed E-state index contributed by atoms with van der Waals surface area (Å²) in [7, 11) is 0. The molecule has 0 spiro atoms. The van der Waals surface area contributed by atoms with Crippen molar-refractivity contribution in [3.63, 3.8) is 0 Å². The Morgan fingerprint density at radius 3 is 2.18 bits per heavy atom.